The number of halogens is 2. The molecule has 0 aliphatic heterocycles. The first kappa shape index (κ1) is 19.7. The molecular weight excluding hydrogens is 405 g/mol. The lowest BCUT2D eigenvalue weighted by Crippen LogP contribution is -2.33. The minimum atomic E-state index is 0.00292. The van der Waals surface area contributed by atoms with Crippen LogP contribution in [0.3, 0.4) is 0 Å². The Hall–Kier alpha value is -0.600. The minimum Gasteiger partial charge on any atom is -0.353 e. The van der Waals surface area contributed by atoms with Crippen LogP contribution in [0.15, 0.2) is 22.5 Å². The largest absolute Gasteiger partial charge is 0.353 e. The highest BCUT2D eigenvalue weighted by molar-refractivity contribution is 8.01. The van der Waals surface area contributed by atoms with E-state index in [-0.39, 0.29) is 11.9 Å². The molecule has 130 valence electrons. The van der Waals surface area contributed by atoms with Crippen LogP contribution in [0.5, 0.6) is 0 Å². The molecule has 24 heavy (non-hydrogen) atoms. The molecule has 0 spiro atoms. The molecule has 0 aliphatic carbocycles. The number of nitrogens with zero attached hydrogens (tertiary/aromatic N) is 2. The first-order valence-corrected chi connectivity index (χ1v) is 10.3. The second-order valence-electron chi connectivity index (χ2n) is 5.19. The smallest absolute Gasteiger partial charge is 0.230 e. The fourth-order valence-electron chi connectivity index (χ4n) is 2.05. The van der Waals surface area contributed by atoms with Crippen LogP contribution in [0, 0.1) is 3.95 Å². The van der Waals surface area contributed by atoms with Gasteiger partial charge in [-0.2, -0.15) is 0 Å². The van der Waals surface area contributed by atoms with Crippen molar-refractivity contribution in [1.29, 1.82) is 0 Å². The number of carbonyl (C=O) groups is 1. The highest BCUT2D eigenvalue weighted by atomic mass is 35.5. The number of nitrogens with one attached hydrogen (secondary N) is 1. The van der Waals surface area contributed by atoms with Gasteiger partial charge in [0.2, 0.25) is 5.91 Å². The summed E-state index contributed by atoms with van der Waals surface area (Å²) in [6.45, 7) is 4.11. The Labute approximate surface area is 164 Å². The van der Waals surface area contributed by atoms with E-state index >= 15 is 0 Å². The second kappa shape index (κ2) is 9.20. The Balaban J connectivity index is 2.02. The van der Waals surface area contributed by atoms with E-state index in [0.29, 0.717) is 19.8 Å². The maximum absolute atomic E-state index is 11.9. The number of benzene rings is 1. The van der Waals surface area contributed by atoms with Crippen molar-refractivity contribution in [2.24, 2.45) is 0 Å². The summed E-state index contributed by atoms with van der Waals surface area (Å²) < 4.78 is 2.96. The van der Waals surface area contributed by atoms with Gasteiger partial charge in [0.05, 0.1) is 21.5 Å². The second-order valence-corrected chi connectivity index (χ2v) is 8.85. The van der Waals surface area contributed by atoms with Gasteiger partial charge in [0.15, 0.2) is 8.29 Å². The first-order chi connectivity index (χ1) is 11.4. The molecule has 1 heterocycles. The Morgan fingerprint density at radius 2 is 2.21 bits per heavy atom. The van der Waals surface area contributed by atoms with Crippen molar-refractivity contribution in [3.8, 4) is 5.69 Å². The standard InChI is InChI=1S/C15H17Cl2N3OS3/c1-3-4-9(2)18-13(21)8-23-14-19-20(15(22)24-14)10-5-6-11(16)12(17)7-10/h5-7,9H,3-4,8H2,1-2H3,(H,18,21). The molecule has 1 aromatic carbocycles. The van der Waals surface area contributed by atoms with E-state index < -0.39 is 0 Å². The Bertz CT molecular complexity index is 776. The van der Waals surface area contributed by atoms with Gasteiger partial charge < -0.3 is 5.32 Å². The molecule has 9 heteroatoms. The molecule has 2 rings (SSSR count). The highest BCUT2D eigenvalue weighted by Crippen LogP contribution is 2.27. The SMILES string of the molecule is CCCC(C)NC(=O)CSc1nn(-c2ccc(Cl)c(Cl)c2)c(=S)s1. The van der Waals surface area contributed by atoms with Crippen LogP contribution in [0.4, 0.5) is 0 Å². The van der Waals surface area contributed by atoms with Crippen molar-refractivity contribution in [1.82, 2.24) is 15.1 Å². The summed E-state index contributed by atoms with van der Waals surface area (Å²) in [5, 5.41) is 8.35. The Kier molecular flexibility index (Phi) is 7.56. The third-order valence-corrected chi connectivity index (χ3v) is 6.24. The third kappa shape index (κ3) is 5.46. The van der Waals surface area contributed by atoms with E-state index in [1.807, 2.05) is 6.92 Å². The number of carbonyl (C=O) groups excluding carboxylic acids is 1. The van der Waals surface area contributed by atoms with Crippen LogP contribution in [0.1, 0.15) is 26.7 Å². The summed E-state index contributed by atoms with van der Waals surface area (Å²) in [5.74, 6) is 0.320. The molecule has 0 saturated heterocycles. The van der Waals surface area contributed by atoms with Crippen molar-refractivity contribution in [2.75, 3.05) is 5.75 Å². The van der Waals surface area contributed by atoms with Gasteiger partial charge in [0, 0.05) is 6.04 Å². The van der Waals surface area contributed by atoms with Gasteiger partial charge in [-0.15, -0.1) is 5.10 Å². The lowest BCUT2D eigenvalue weighted by molar-refractivity contribution is -0.119. The van der Waals surface area contributed by atoms with Gasteiger partial charge in [0.1, 0.15) is 0 Å². The van der Waals surface area contributed by atoms with Crippen LogP contribution in [0.25, 0.3) is 5.69 Å². The quantitative estimate of drug-likeness (QED) is 0.482. The number of thioether (sulfide) groups is 1. The molecule has 1 aromatic heterocycles. The van der Waals surface area contributed by atoms with E-state index in [2.05, 4.69) is 17.3 Å². The summed E-state index contributed by atoms with van der Waals surface area (Å²) in [5.41, 5.74) is 0.749. The molecule has 0 bridgehead atoms. The molecule has 0 saturated carbocycles. The van der Waals surface area contributed by atoms with Crippen LogP contribution in [0.2, 0.25) is 10.0 Å². The van der Waals surface area contributed by atoms with Gasteiger partial charge in [-0.25, -0.2) is 4.68 Å². The van der Waals surface area contributed by atoms with Gasteiger partial charge in [0.25, 0.3) is 0 Å². The van der Waals surface area contributed by atoms with Crippen LogP contribution in [-0.4, -0.2) is 27.5 Å². The minimum absolute atomic E-state index is 0.00292. The predicted octanol–water partition coefficient (Wildman–Crippen LogP) is 5.37. The van der Waals surface area contributed by atoms with Gasteiger partial charge in [-0.1, -0.05) is 59.6 Å². The zero-order valence-electron chi connectivity index (χ0n) is 13.2. The molecule has 4 nitrogen and oxygen atoms in total. The predicted molar refractivity (Wildman–Crippen MR) is 106 cm³/mol. The van der Waals surface area contributed by atoms with Crippen LogP contribution < -0.4 is 5.32 Å². The molecule has 0 radical (unpaired) electrons. The van der Waals surface area contributed by atoms with Gasteiger partial charge >= 0.3 is 0 Å². The van der Waals surface area contributed by atoms with E-state index in [9.17, 15) is 4.79 Å². The van der Waals surface area contributed by atoms with Crippen molar-refractivity contribution in [3.63, 3.8) is 0 Å². The van der Waals surface area contributed by atoms with E-state index in [0.717, 1.165) is 22.9 Å². The average molecular weight is 422 g/mol. The number of hydrogen-bond donors (Lipinski definition) is 1. The molecule has 1 unspecified atom stereocenters. The zero-order valence-corrected chi connectivity index (χ0v) is 17.2. The van der Waals surface area contributed by atoms with E-state index in [1.165, 1.54) is 23.1 Å². The molecule has 2 aromatic rings. The van der Waals surface area contributed by atoms with Crippen molar-refractivity contribution < 1.29 is 4.79 Å². The summed E-state index contributed by atoms with van der Waals surface area (Å²) in [6, 6.07) is 5.41. The van der Waals surface area contributed by atoms with Crippen molar-refractivity contribution in [2.45, 2.75) is 37.1 Å². The third-order valence-electron chi connectivity index (χ3n) is 3.13. The molecule has 0 fully saturated rings. The summed E-state index contributed by atoms with van der Waals surface area (Å²) in [6.07, 6.45) is 2.02. The molecule has 1 N–H and O–H groups in total. The number of hydrogen-bond acceptors (Lipinski definition) is 5. The first-order valence-electron chi connectivity index (χ1n) is 7.38. The fraction of sp³-hybridized carbons (Fsp3) is 0.400. The molecule has 1 atom stereocenters. The van der Waals surface area contributed by atoms with E-state index in [1.54, 1.807) is 22.9 Å². The summed E-state index contributed by atoms with van der Waals surface area (Å²) >= 11 is 20.0. The Morgan fingerprint density at radius 3 is 2.88 bits per heavy atom. The van der Waals surface area contributed by atoms with Gasteiger partial charge in [-0.05, 0) is 43.8 Å². The molecule has 0 aliphatic rings. The zero-order chi connectivity index (χ0) is 17.7. The number of aromatic nitrogens is 2. The number of rotatable bonds is 7. The topological polar surface area (TPSA) is 46.9 Å². The Morgan fingerprint density at radius 1 is 1.46 bits per heavy atom. The van der Waals surface area contributed by atoms with Crippen LogP contribution in [-0.2, 0) is 4.79 Å². The highest BCUT2D eigenvalue weighted by Gasteiger charge is 2.11. The summed E-state index contributed by atoms with van der Waals surface area (Å²) in [4.78, 5) is 11.9. The lowest BCUT2D eigenvalue weighted by atomic mass is 10.2. The van der Waals surface area contributed by atoms with Crippen molar-refractivity contribution >= 4 is 64.4 Å². The number of amides is 1. The maximum Gasteiger partial charge on any atom is 0.230 e. The summed E-state index contributed by atoms with van der Waals surface area (Å²) in [7, 11) is 0. The van der Waals surface area contributed by atoms with E-state index in [4.69, 9.17) is 35.4 Å². The average Bonchev–Trinajstić information content (AvgIpc) is 2.89. The molecular formula is C15H17Cl2N3OS3. The lowest BCUT2D eigenvalue weighted by Gasteiger charge is -2.11. The van der Waals surface area contributed by atoms with Crippen molar-refractivity contribution in [3.05, 3.63) is 32.2 Å². The fourth-order valence-corrected chi connectivity index (χ4v) is 4.51. The van der Waals surface area contributed by atoms with Gasteiger partial charge in [-0.3, -0.25) is 4.79 Å². The normalized spacial score (nSPS) is 12.2. The maximum atomic E-state index is 11.9. The van der Waals surface area contributed by atoms with Crippen LogP contribution >= 0.6 is 58.5 Å². The monoisotopic (exact) mass is 421 g/mol. The molecule has 1 amide bonds.